The fourth-order valence-electron chi connectivity index (χ4n) is 6.69. The number of nitrogens with zero attached hydrogens (tertiary/aromatic N) is 3. The van der Waals surface area contributed by atoms with Gasteiger partial charge in [-0.15, -0.1) is 0 Å². The van der Waals surface area contributed by atoms with E-state index in [1.54, 1.807) is 24.3 Å². The van der Waals surface area contributed by atoms with E-state index in [0.717, 1.165) is 59.8 Å². The second kappa shape index (κ2) is 10.7. The van der Waals surface area contributed by atoms with Gasteiger partial charge in [-0.25, -0.2) is 14.2 Å². The molecule has 2 aromatic heterocycles. The Balaban J connectivity index is 1.00. The quantitative estimate of drug-likeness (QED) is 0.218. The standard InChI is InChI=1S/C31H29ClFN3O6S/c32-21-2-1-3-22(33)26(21)27-20(29(42-35-27)15-4-5-15)14-40-23-11-18-8-17(23)12-36(18)31-34-28-24(41-19-6-7-39-13-19)9-16(30(37)38)10-25(28)43-31/h1-3,9-10,15,17-19,23H,4-8,11-14H2,(H,37,38)/t17-,18-,19?,23+/m0/s1. The molecule has 4 aromatic rings. The summed E-state index contributed by atoms with van der Waals surface area (Å²) in [7, 11) is 0. The van der Waals surface area contributed by atoms with Crippen molar-refractivity contribution in [3.63, 3.8) is 0 Å². The first-order valence-electron chi connectivity index (χ1n) is 14.7. The van der Waals surface area contributed by atoms with Crippen LogP contribution >= 0.6 is 22.9 Å². The molecule has 4 fully saturated rings. The molecule has 2 bridgehead atoms. The number of rotatable bonds is 9. The minimum atomic E-state index is -0.998. The molecule has 43 heavy (non-hydrogen) atoms. The molecule has 2 saturated heterocycles. The van der Waals surface area contributed by atoms with Gasteiger partial charge in [-0.2, -0.15) is 0 Å². The number of piperidine rings is 1. The van der Waals surface area contributed by atoms with E-state index in [0.29, 0.717) is 41.1 Å². The number of thiazole rings is 1. The number of aromatic carboxylic acids is 1. The lowest BCUT2D eigenvalue weighted by molar-refractivity contribution is 0.0122. The molecule has 8 rings (SSSR count). The Hall–Kier alpha value is -3.25. The van der Waals surface area contributed by atoms with Crippen LogP contribution in [-0.4, -0.2) is 59.2 Å². The van der Waals surface area contributed by atoms with E-state index in [9.17, 15) is 14.3 Å². The molecular formula is C31H29ClFN3O6S. The molecule has 0 amide bonds. The summed E-state index contributed by atoms with van der Waals surface area (Å²) in [5.41, 5.74) is 2.33. The lowest BCUT2D eigenvalue weighted by Gasteiger charge is -2.31. The van der Waals surface area contributed by atoms with Crippen LogP contribution in [0, 0.1) is 11.7 Å². The maximum absolute atomic E-state index is 14.8. The van der Waals surface area contributed by atoms with Gasteiger partial charge in [0.2, 0.25) is 0 Å². The van der Waals surface area contributed by atoms with E-state index in [4.69, 9.17) is 35.3 Å². The molecule has 0 spiro atoms. The van der Waals surface area contributed by atoms with Crippen molar-refractivity contribution < 1.29 is 33.0 Å². The highest BCUT2D eigenvalue weighted by Gasteiger charge is 2.47. The number of anilines is 1. The van der Waals surface area contributed by atoms with E-state index in [1.807, 2.05) is 0 Å². The lowest BCUT2D eigenvalue weighted by Crippen LogP contribution is -2.38. The minimum Gasteiger partial charge on any atom is -0.486 e. The van der Waals surface area contributed by atoms with Crippen LogP contribution in [0.3, 0.4) is 0 Å². The third-order valence-electron chi connectivity index (χ3n) is 9.01. The summed E-state index contributed by atoms with van der Waals surface area (Å²) in [5.74, 6) is 0.430. The van der Waals surface area contributed by atoms with Crippen LogP contribution in [0.5, 0.6) is 5.75 Å². The zero-order valence-corrected chi connectivity index (χ0v) is 24.7. The summed E-state index contributed by atoms with van der Waals surface area (Å²) in [6.45, 7) is 2.19. The highest BCUT2D eigenvalue weighted by Crippen LogP contribution is 2.48. The Morgan fingerprint density at radius 3 is 2.84 bits per heavy atom. The van der Waals surface area contributed by atoms with E-state index in [-0.39, 0.29) is 41.9 Å². The molecule has 2 aromatic carbocycles. The molecule has 9 nitrogen and oxygen atoms in total. The summed E-state index contributed by atoms with van der Waals surface area (Å²) in [5, 5.41) is 15.1. The van der Waals surface area contributed by atoms with Crippen LogP contribution in [0.1, 0.15) is 59.7 Å². The first-order chi connectivity index (χ1) is 20.9. The number of ether oxygens (including phenoxy) is 3. The SMILES string of the molecule is O=C(O)c1cc(OC2CCOC2)c2nc(N3C[C@@H]4C[C@H]3C[C@H]4OCc3c(-c4c(F)cccc4Cl)noc3C3CC3)sc2c1. The van der Waals surface area contributed by atoms with Crippen LogP contribution in [0.2, 0.25) is 5.02 Å². The Morgan fingerprint density at radius 1 is 1.23 bits per heavy atom. The number of benzene rings is 2. The number of carbonyl (C=O) groups is 1. The molecule has 12 heteroatoms. The predicted octanol–water partition coefficient (Wildman–Crippen LogP) is 6.67. The number of aromatic nitrogens is 2. The van der Waals surface area contributed by atoms with Gasteiger partial charge >= 0.3 is 5.97 Å². The van der Waals surface area contributed by atoms with E-state index in [1.165, 1.54) is 17.4 Å². The minimum absolute atomic E-state index is 0.0430. The van der Waals surface area contributed by atoms with Crippen molar-refractivity contribution in [2.45, 2.75) is 62.9 Å². The third-order valence-corrected chi connectivity index (χ3v) is 10.4. The second-order valence-corrected chi connectivity index (χ2v) is 13.3. The van der Waals surface area contributed by atoms with Crippen LogP contribution in [0.4, 0.5) is 9.52 Å². The van der Waals surface area contributed by atoms with Crippen molar-refractivity contribution in [2.24, 2.45) is 5.92 Å². The highest BCUT2D eigenvalue weighted by molar-refractivity contribution is 7.22. The monoisotopic (exact) mass is 625 g/mol. The largest absolute Gasteiger partial charge is 0.486 e. The van der Waals surface area contributed by atoms with Gasteiger partial charge in [0.1, 0.15) is 34.6 Å². The summed E-state index contributed by atoms with van der Waals surface area (Å²) < 4.78 is 39.4. The number of carboxylic acid groups (broad SMARTS) is 1. The topological polar surface area (TPSA) is 107 Å². The number of hydrogen-bond donors (Lipinski definition) is 1. The van der Waals surface area contributed by atoms with Gasteiger partial charge in [0, 0.05) is 36.4 Å². The average Bonchev–Trinajstić information content (AvgIpc) is 3.48. The smallest absolute Gasteiger partial charge is 0.335 e. The van der Waals surface area contributed by atoms with Crippen molar-refractivity contribution in [3.8, 4) is 17.0 Å². The molecular weight excluding hydrogens is 597 g/mol. The summed E-state index contributed by atoms with van der Waals surface area (Å²) in [4.78, 5) is 19.1. The second-order valence-electron chi connectivity index (χ2n) is 11.9. The third kappa shape index (κ3) is 4.96. The highest BCUT2D eigenvalue weighted by atomic mass is 35.5. The number of halogens is 2. The summed E-state index contributed by atoms with van der Waals surface area (Å²) in [6.07, 6.45) is 4.55. The van der Waals surface area contributed by atoms with Crippen LogP contribution in [0.15, 0.2) is 34.9 Å². The fraction of sp³-hybridized carbons (Fsp3) is 0.452. The van der Waals surface area contributed by atoms with Gasteiger partial charge in [0.25, 0.3) is 0 Å². The normalized spacial score (nSPS) is 24.8. The van der Waals surface area contributed by atoms with Crippen LogP contribution < -0.4 is 9.64 Å². The van der Waals surface area contributed by atoms with Gasteiger partial charge in [-0.05, 0) is 49.9 Å². The molecule has 0 radical (unpaired) electrons. The first-order valence-corrected chi connectivity index (χ1v) is 15.9. The van der Waals surface area contributed by atoms with Gasteiger partial charge in [-0.1, -0.05) is 34.2 Å². The molecule has 224 valence electrons. The Bertz CT molecular complexity index is 1700. The number of hydrogen-bond acceptors (Lipinski definition) is 9. The maximum atomic E-state index is 14.8. The van der Waals surface area contributed by atoms with E-state index < -0.39 is 11.8 Å². The molecule has 4 atom stereocenters. The van der Waals surface area contributed by atoms with Gasteiger partial charge in [0.05, 0.1) is 46.8 Å². The Morgan fingerprint density at radius 2 is 2.12 bits per heavy atom. The zero-order chi connectivity index (χ0) is 29.2. The average molecular weight is 626 g/mol. The summed E-state index contributed by atoms with van der Waals surface area (Å²) in [6, 6.07) is 8.11. The lowest BCUT2D eigenvalue weighted by atomic mass is 10.0. The molecule has 1 N–H and O–H groups in total. The van der Waals surface area contributed by atoms with Gasteiger partial charge < -0.3 is 28.7 Å². The molecule has 2 saturated carbocycles. The van der Waals surface area contributed by atoms with E-state index >= 15 is 0 Å². The first kappa shape index (κ1) is 27.3. The van der Waals surface area contributed by atoms with E-state index in [2.05, 4.69) is 10.1 Å². The predicted molar refractivity (Wildman–Crippen MR) is 158 cm³/mol. The van der Waals surface area contributed by atoms with Crippen molar-refractivity contribution in [2.75, 3.05) is 24.7 Å². The van der Waals surface area contributed by atoms with Crippen molar-refractivity contribution in [1.29, 1.82) is 0 Å². The van der Waals surface area contributed by atoms with Crippen molar-refractivity contribution in [1.82, 2.24) is 10.1 Å². The van der Waals surface area contributed by atoms with Gasteiger partial charge in [-0.3, -0.25) is 0 Å². The molecule has 2 aliphatic carbocycles. The van der Waals surface area contributed by atoms with Gasteiger partial charge in [0.15, 0.2) is 5.13 Å². The molecule has 2 aliphatic heterocycles. The number of carboxylic acids is 1. The Labute approximate surface area is 255 Å². The van der Waals surface area contributed by atoms with Crippen molar-refractivity contribution in [3.05, 3.63) is 58.1 Å². The molecule has 4 aliphatic rings. The van der Waals surface area contributed by atoms with Crippen LogP contribution in [-0.2, 0) is 16.1 Å². The Kier molecular flexibility index (Phi) is 6.81. The molecule has 1 unspecified atom stereocenters. The number of fused-ring (bicyclic) bond motifs is 3. The zero-order valence-electron chi connectivity index (χ0n) is 23.1. The summed E-state index contributed by atoms with van der Waals surface area (Å²) >= 11 is 7.88. The van der Waals surface area contributed by atoms with Crippen molar-refractivity contribution >= 4 is 44.3 Å². The maximum Gasteiger partial charge on any atom is 0.335 e. The fourth-order valence-corrected chi connectivity index (χ4v) is 8.05. The molecule has 4 heterocycles. The van der Waals surface area contributed by atoms with Crippen LogP contribution in [0.25, 0.3) is 21.5 Å².